The minimum atomic E-state index is -0.0641. The van der Waals surface area contributed by atoms with E-state index in [9.17, 15) is 4.79 Å². The first-order valence-electron chi connectivity index (χ1n) is 10.0. The van der Waals surface area contributed by atoms with Gasteiger partial charge in [-0.15, -0.1) is 0 Å². The molecule has 140 valence electrons. The molecule has 3 heteroatoms. The average Bonchev–Trinajstić information content (AvgIpc) is 2.83. The molecule has 2 rings (SSSR count). The van der Waals surface area contributed by atoms with Crippen LogP contribution in [0.1, 0.15) is 86.0 Å². The van der Waals surface area contributed by atoms with Crippen LogP contribution in [0.4, 0.5) is 0 Å². The van der Waals surface area contributed by atoms with E-state index in [1.54, 1.807) is 0 Å². The molecule has 2 unspecified atom stereocenters. The van der Waals surface area contributed by atoms with Crippen LogP contribution in [0.5, 0.6) is 0 Å². The zero-order valence-corrected chi connectivity index (χ0v) is 18.4. The van der Waals surface area contributed by atoms with E-state index in [0.29, 0.717) is 32.8 Å². The Morgan fingerprint density at radius 3 is 2.25 bits per heavy atom. The third-order valence-corrected chi connectivity index (χ3v) is 10.8. The van der Waals surface area contributed by atoms with Gasteiger partial charge in [-0.05, 0) is 0 Å². The molecule has 5 atom stereocenters. The molecule has 0 aromatic carbocycles. The molecule has 2 aliphatic carbocycles. The maximum absolute atomic E-state index is 12.5. The van der Waals surface area contributed by atoms with Crippen LogP contribution in [0.3, 0.4) is 0 Å². The molecule has 0 heterocycles. The number of ether oxygens (including phenoxy) is 1. The van der Waals surface area contributed by atoms with Crippen molar-refractivity contribution in [3.05, 3.63) is 0 Å². The van der Waals surface area contributed by atoms with E-state index >= 15 is 0 Å². The molecule has 2 saturated carbocycles. The summed E-state index contributed by atoms with van der Waals surface area (Å²) in [5.41, 5.74) is 0.128. The van der Waals surface area contributed by atoms with Crippen LogP contribution in [0.25, 0.3) is 0 Å². The molecule has 0 saturated heterocycles. The summed E-state index contributed by atoms with van der Waals surface area (Å²) in [7, 11) is 1.91. The first-order chi connectivity index (χ1) is 11.3. The van der Waals surface area contributed by atoms with Crippen molar-refractivity contribution >= 4 is 20.7 Å². The molecule has 2 bridgehead atoms. The molecule has 2 fully saturated rings. The van der Waals surface area contributed by atoms with Gasteiger partial charge < -0.3 is 0 Å². The molecule has 0 N–H and O–H groups in total. The third kappa shape index (κ3) is 3.64. The summed E-state index contributed by atoms with van der Waals surface area (Å²) in [6.07, 6.45) is 10.0. The van der Waals surface area contributed by atoms with E-state index in [0.717, 1.165) is 22.5 Å². The number of carbonyl (C=O) groups is 1. The standard InChI is InChI=1S/C21H38O2Se/c1-7-9-11-16(23-6)17(12-10-8-2)24-18-14-21(5)19(22)13-15(18)20(21,3)4/h15-18H,7-14H2,1-6H3/t15?,16-,17+,18+,21?/m0/s1. The zero-order valence-electron chi connectivity index (χ0n) is 16.7. The number of rotatable bonds is 10. The molecule has 0 spiro atoms. The van der Waals surface area contributed by atoms with Crippen LogP contribution in [0, 0.1) is 16.7 Å². The van der Waals surface area contributed by atoms with Crippen LogP contribution in [0.15, 0.2) is 0 Å². The Morgan fingerprint density at radius 2 is 1.79 bits per heavy atom. The van der Waals surface area contributed by atoms with Crippen molar-refractivity contribution in [1.29, 1.82) is 0 Å². The van der Waals surface area contributed by atoms with Crippen molar-refractivity contribution in [2.45, 2.75) is 102 Å². The molecule has 24 heavy (non-hydrogen) atoms. The molecule has 0 aliphatic heterocycles. The summed E-state index contributed by atoms with van der Waals surface area (Å²) < 4.78 is 5.95. The Kier molecular flexibility index (Phi) is 7.02. The summed E-state index contributed by atoms with van der Waals surface area (Å²) in [5.74, 6) is 1.15. The van der Waals surface area contributed by atoms with Gasteiger partial charge in [-0.3, -0.25) is 0 Å². The first kappa shape index (κ1) is 20.5. The van der Waals surface area contributed by atoms with Gasteiger partial charge in [-0.2, -0.15) is 0 Å². The van der Waals surface area contributed by atoms with E-state index in [4.69, 9.17) is 4.74 Å². The number of hydrogen-bond acceptors (Lipinski definition) is 2. The van der Waals surface area contributed by atoms with Crippen molar-refractivity contribution < 1.29 is 9.53 Å². The van der Waals surface area contributed by atoms with Crippen molar-refractivity contribution in [1.82, 2.24) is 0 Å². The van der Waals surface area contributed by atoms with Crippen molar-refractivity contribution in [3.63, 3.8) is 0 Å². The van der Waals surface area contributed by atoms with Gasteiger partial charge in [0.1, 0.15) is 0 Å². The molecule has 0 amide bonds. The molecule has 2 nitrogen and oxygen atoms in total. The second-order valence-electron chi connectivity index (χ2n) is 8.76. The number of ketones is 1. The Bertz CT molecular complexity index is 434. The van der Waals surface area contributed by atoms with Crippen LogP contribution in [-0.4, -0.2) is 34.0 Å². The quantitative estimate of drug-likeness (QED) is 0.440. The average molecular weight is 401 g/mol. The fourth-order valence-electron chi connectivity index (χ4n) is 4.94. The number of hydrogen-bond donors (Lipinski definition) is 0. The van der Waals surface area contributed by atoms with Gasteiger partial charge >= 0.3 is 156 Å². The monoisotopic (exact) mass is 402 g/mol. The number of Topliss-reactive ketones (excluding diaryl/α,β-unsaturated/α-hetero) is 1. The van der Waals surface area contributed by atoms with Crippen LogP contribution in [-0.2, 0) is 9.53 Å². The fourth-order valence-corrected chi connectivity index (χ4v) is 9.62. The summed E-state index contributed by atoms with van der Waals surface area (Å²) in [6.45, 7) is 11.5. The van der Waals surface area contributed by atoms with Gasteiger partial charge in [0.25, 0.3) is 0 Å². The van der Waals surface area contributed by atoms with E-state index in [1.165, 1.54) is 38.5 Å². The topological polar surface area (TPSA) is 26.3 Å². The predicted octanol–water partition coefficient (Wildman–Crippen LogP) is 5.69. The summed E-state index contributed by atoms with van der Waals surface area (Å²) in [4.78, 5) is 14.0. The van der Waals surface area contributed by atoms with Crippen molar-refractivity contribution in [2.75, 3.05) is 7.11 Å². The molecule has 2 aliphatic rings. The summed E-state index contributed by atoms with van der Waals surface area (Å²) >= 11 is 0.587. The van der Waals surface area contributed by atoms with Crippen LogP contribution in [0.2, 0.25) is 9.63 Å². The van der Waals surface area contributed by atoms with Crippen LogP contribution < -0.4 is 0 Å². The van der Waals surface area contributed by atoms with Crippen molar-refractivity contribution in [2.24, 2.45) is 16.7 Å². The molecule has 0 aromatic rings. The third-order valence-electron chi connectivity index (χ3n) is 7.18. The first-order valence-corrected chi connectivity index (χ1v) is 12.0. The number of unbranched alkanes of at least 4 members (excludes halogenated alkanes) is 2. The molecular formula is C21H38O2Se. The molecular weight excluding hydrogens is 363 g/mol. The second kappa shape index (κ2) is 8.23. The second-order valence-corrected chi connectivity index (χ2v) is 11.9. The number of carbonyl (C=O) groups excluding carboxylic acids is 1. The van der Waals surface area contributed by atoms with Crippen LogP contribution >= 0.6 is 0 Å². The molecule has 0 radical (unpaired) electrons. The van der Waals surface area contributed by atoms with E-state index in [1.807, 2.05) is 7.11 Å². The van der Waals surface area contributed by atoms with Gasteiger partial charge in [-0.1, -0.05) is 0 Å². The van der Waals surface area contributed by atoms with Gasteiger partial charge in [0.2, 0.25) is 0 Å². The Morgan fingerprint density at radius 1 is 1.17 bits per heavy atom. The van der Waals surface area contributed by atoms with Gasteiger partial charge in [-0.25, -0.2) is 0 Å². The Hall–Kier alpha value is 0.149. The Balaban J connectivity index is 2.08. The Labute approximate surface area is 156 Å². The van der Waals surface area contributed by atoms with Crippen molar-refractivity contribution in [3.8, 4) is 0 Å². The van der Waals surface area contributed by atoms with E-state index in [2.05, 4.69) is 34.6 Å². The normalized spacial score (nSPS) is 33.8. The van der Waals surface area contributed by atoms with Gasteiger partial charge in [0, 0.05) is 0 Å². The number of methoxy groups -OCH3 is 1. The predicted molar refractivity (Wildman–Crippen MR) is 103 cm³/mol. The van der Waals surface area contributed by atoms with Gasteiger partial charge in [0.05, 0.1) is 0 Å². The summed E-state index contributed by atoms with van der Waals surface area (Å²) in [6, 6.07) is 0. The molecule has 0 aromatic heterocycles. The van der Waals surface area contributed by atoms with E-state index < -0.39 is 0 Å². The fraction of sp³-hybridized carbons (Fsp3) is 0.952. The maximum atomic E-state index is 12.5. The van der Waals surface area contributed by atoms with Gasteiger partial charge in [0.15, 0.2) is 0 Å². The van der Waals surface area contributed by atoms with E-state index in [-0.39, 0.29) is 10.8 Å². The SMILES string of the molecule is CCCC[C@H](OC)[C@@H](CCCC)[Se][C@@H]1CC2(C)C(=O)CC1C2(C)C. The minimum absolute atomic E-state index is 0.0641. The number of fused-ring (bicyclic) bond motifs is 2. The summed E-state index contributed by atoms with van der Waals surface area (Å²) in [5, 5.41) is 0. The zero-order chi connectivity index (χ0) is 18.0.